The number of hydrogen-bond acceptors (Lipinski definition) is 0. The van der Waals surface area contributed by atoms with Gasteiger partial charge in [0.25, 0.3) is 0 Å². The first kappa shape index (κ1) is 24.8. The topological polar surface area (TPSA) is 0 Å². The summed E-state index contributed by atoms with van der Waals surface area (Å²) in [5.74, 6) is 0. The van der Waals surface area contributed by atoms with E-state index in [0.717, 1.165) is 0 Å². The molecule has 0 atom stereocenters. The Balaban J connectivity index is 2.42. The monoisotopic (exact) mass is 552 g/mol. The standard InChI is InChI=1S/C28H40Si2.Sn/c1-27(2,3)29(7,8)21-25(23-17-13-11-14-18-23)26(24-19-15-12-16-20-24)22-30(9,10)28(4,5)6;/h11-20H,1-10H3;/q;-1. The Kier molecular flexibility index (Phi) is 6.79. The first-order chi connectivity index (χ1) is 14.2. The predicted octanol–water partition coefficient (Wildman–Crippen LogP) is 8.62. The van der Waals surface area contributed by atoms with Gasteiger partial charge >= 0.3 is 204 Å². The number of hydrogen-bond donors (Lipinski definition) is 0. The third-order valence-electron chi connectivity index (χ3n) is 8.12. The van der Waals surface area contributed by atoms with Gasteiger partial charge in [0.05, 0.1) is 0 Å². The Morgan fingerprint density at radius 2 is 0.806 bits per heavy atom. The molecule has 1 radical (unpaired) electrons. The van der Waals surface area contributed by atoms with Gasteiger partial charge in [0, 0.05) is 0 Å². The van der Waals surface area contributed by atoms with Crippen LogP contribution in [0.5, 0.6) is 0 Å². The summed E-state index contributed by atoms with van der Waals surface area (Å²) in [7, 11) is -3.27. The molecule has 165 valence electrons. The Labute approximate surface area is 203 Å². The van der Waals surface area contributed by atoms with Crippen molar-refractivity contribution in [3.63, 3.8) is 0 Å². The second-order valence-corrected chi connectivity index (χ2v) is 29.0. The van der Waals surface area contributed by atoms with E-state index in [4.69, 9.17) is 0 Å². The molecule has 2 aromatic carbocycles. The molecule has 0 nitrogen and oxygen atoms in total. The van der Waals surface area contributed by atoms with Gasteiger partial charge in [0.1, 0.15) is 0 Å². The maximum atomic E-state index is 2.64. The minimum atomic E-state index is -1.64. The molecular formula is C28H40Si2Sn-. The summed E-state index contributed by atoms with van der Waals surface area (Å²) in [6.07, 6.45) is 0. The van der Waals surface area contributed by atoms with Crippen LogP contribution >= 0.6 is 0 Å². The first-order valence-electron chi connectivity index (χ1n) is 11.6. The molecule has 0 unspecified atom stereocenters. The predicted molar refractivity (Wildman–Crippen MR) is 147 cm³/mol. The first-order valence-corrected chi connectivity index (χ1v) is 20.4. The summed E-state index contributed by atoms with van der Waals surface area (Å²) >= 11 is -0.869. The van der Waals surface area contributed by atoms with Crippen LogP contribution in [0.3, 0.4) is 0 Å². The van der Waals surface area contributed by atoms with E-state index < -0.39 is 37.3 Å². The molecule has 3 heteroatoms. The van der Waals surface area contributed by atoms with Crippen LogP contribution in [-0.4, -0.2) is 37.3 Å². The zero-order chi connectivity index (χ0) is 23.2. The van der Waals surface area contributed by atoms with Gasteiger partial charge in [0.15, 0.2) is 0 Å². The molecule has 0 aromatic heterocycles. The van der Waals surface area contributed by atoms with Gasteiger partial charge in [-0.25, -0.2) is 0 Å². The molecule has 0 fully saturated rings. The third kappa shape index (κ3) is 4.49. The van der Waals surface area contributed by atoms with Crippen molar-refractivity contribution in [1.29, 1.82) is 0 Å². The van der Waals surface area contributed by atoms with Gasteiger partial charge in [-0.3, -0.25) is 0 Å². The average molecular weight is 552 g/mol. The molecule has 0 saturated carbocycles. The number of allylic oxidation sites excluding steroid dienone is 2. The Morgan fingerprint density at radius 3 is 1.06 bits per heavy atom. The molecule has 31 heavy (non-hydrogen) atoms. The quantitative estimate of drug-likeness (QED) is 0.334. The average Bonchev–Trinajstić information content (AvgIpc) is 3.09. The zero-order valence-corrected chi connectivity index (χ0v) is 26.1. The molecule has 2 aromatic rings. The molecule has 0 N–H and O–H groups in total. The van der Waals surface area contributed by atoms with E-state index >= 15 is 0 Å². The van der Waals surface area contributed by atoms with Crippen molar-refractivity contribution >= 4 is 48.4 Å². The second kappa shape index (κ2) is 8.49. The van der Waals surface area contributed by atoms with Crippen LogP contribution in [0.15, 0.2) is 67.1 Å². The number of benzene rings is 2. The fraction of sp³-hybridized carbons (Fsp3) is 0.429. The van der Waals surface area contributed by atoms with Crippen LogP contribution in [0.1, 0.15) is 52.7 Å². The van der Waals surface area contributed by atoms with Crippen LogP contribution in [0, 0.1) is 0 Å². The second-order valence-electron chi connectivity index (χ2n) is 12.1. The van der Waals surface area contributed by atoms with E-state index in [9.17, 15) is 0 Å². The molecule has 0 aliphatic carbocycles. The Bertz CT molecular complexity index is 915. The Hall–Kier alpha value is -0.848. The van der Waals surface area contributed by atoms with Crippen LogP contribution in [0.25, 0.3) is 11.1 Å². The summed E-state index contributed by atoms with van der Waals surface area (Å²) in [5, 5.41) is 0.710. The summed E-state index contributed by atoms with van der Waals surface area (Å²) in [5.41, 5.74) is 6.14. The third-order valence-corrected chi connectivity index (χ3v) is 33.9. The van der Waals surface area contributed by atoms with Crippen molar-refractivity contribution in [2.75, 3.05) is 0 Å². The molecular weight excluding hydrogens is 511 g/mol. The normalized spacial score (nSPS) is 16.1. The summed E-state index contributed by atoms with van der Waals surface area (Å²) in [6.45, 7) is 25.5. The van der Waals surface area contributed by atoms with E-state index in [2.05, 4.69) is 128 Å². The molecule has 0 amide bonds. The summed E-state index contributed by atoms with van der Waals surface area (Å²) < 4.78 is 3.85. The molecule has 1 heterocycles. The maximum absolute atomic E-state index is 2.64. The van der Waals surface area contributed by atoms with E-state index in [1.54, 1.807) is 11.1 Å². The Morgan fingerprint density at radius 1 is 0.516 bits per heavy atom. The van der Waals surface area contributed by atoms with E-state index in [1.165, 1.54) is 11.1 Å². The van der Waals surface area contributed by atoms with E-state index in [-0.39, 0.29) is 0 Å². The fourth-order valence-corrected chi connectivity index (χ4v) is 25.1. The van der Waals surface area contributed by atoms with Crippen molar-refractivity contribution in [3.8, 4) is 0 Å². The van der Waals surface area contributed by atoms with Gasteiger partial charge < -0.3 is 0 Å². The van der Waals surface area contributed by atoms with Gasteiger partial charge in [-0.05, 0) is 0 Å². The molecule has 0 saturated heterocycles. The van der Waals surface area contributed by atoms with Crippen LogP contribution < -0.4 is 0 Å². The van der Waals surface area contributed by atoms with Crippen molar-refractivity contribution < 1.29 is 0 Å². The summed E-state index contributed by atoms with van der Waals surface area (Å²) in [4.78, 5) is 0. The molecule has 1 aliphatic heterocycles. The van der Waals surface area contributed by atoms with Crippen molar-refractivity contribution in [2.24, 2.45) is 0 Å². The molecule has 3 rings (SSSR count). The van der Waals surface area contributed by atoms with Crippen molar-refractivity contribution in [1.82, 2.24) is 0 Å². The van der Waals surface area contributed by atoms with Crippen LogP contribution in [0.2, 0.25) is 36.3 Å². The SMILES string of the molecule is CC(C)(C)[Si](C)(C)[C]1=C(c2ccccc2)C(c2ccccc2)=[C]([Si](C)(C)C(C)(C)C)[Sn-]1. The van der Waals surface area contributed by atoms with Gasteiger partial charge in [0.2, 0.25) is 0 Å². The van der Waals surface area contributed by atoms with Gasteiger partial charge in [-0.15, -0.1) is 0 Å². The molecule has 0 bridgehead atoms. The summed E-state index contributed by atoms with van der Waals surface area (Å²) in [6, 6.07) is 22.7. The zero-order valence-electron chi connectivity index (χ0n) is 21.3. The van der Waals surface area contributed by atoms with Crippen LogP contribution in [-0.2, 0) is 0 Å². The van der Waals surface area contributed by atoms with Gasteiger partial charge in [-0.2, -0.15) is 0 Å². The van der Waals surface area contributed by atoms with E-state index in [1.807, 2.05) is 6.42 Å². The van der Waals surface area contributed by atoms with E-state index in [0.29, 0.717) is 10.1 Å². The number of rotatable bonds is 4. The van der Waals surface area contributed by atoms with Gasteiger partial charge in [-0.1, -0.05) is 0 Å². The molecule has 0 spiro atoms. The van der Waals surface area contributed by atoms with Crippen LogP contribution in [0.4, 0.5) is 0 Å². The minimum absolute atomic E-state index is 0.355. The molecule has 1 aliphatic rings. The fourth-order valence-electron chi connectivity index (χ4n) is 3.97. The van der Waals surface area contributed by atoms with Crippen molar-refractivity contribution in [2.45, 2.75) is 77.8 Å². The van der Waals surface area contributed by atoms with Crippen molar-refractivity contribution in [3.05, 3.63) is 78.2 Å².